The van der Waals surface area contributed by atoms with E-state index in [-0.39, 0.29) is 47.7 Å². The molecule has 4 aliphatic rings. The monoisotopic (exact) mass is 233 g/mol. The highest BCUT2D eigenvalue weighted by Gasteiger charge is 2.76. The van der Waals surface area contributed by atoms with E-state index in [9.17, 15) is 9.59 Å². The number of epoxide rings is 1. The summed E-state index contributed by atoms with van der Waals surface area (Å²) in [6.45, 7) is 6.13. The molecule has 4 heteroatoms. The predicted molar refractivity (Wildman–Crippen MR) is 58.7 cm³/mol. The molecule has 4 fully saturated rings. The maximum Gasteiger partial charge on any atom is 0.233 e. The van der Waals surface area contributed by atoms with Crippen molar-refractivity contribution in [2.24, 2.45) is 29.6 Å². The Balaban J connectivity index is 1.74. The van der Waals surface area contributed by atoms with Gasteiger partial charge in [-0.25, -0.2) is 0 Å². The van der Waals surface area contributed by atoms with Crippen molar-refractivity contribution < 1.29 is 14.3 Å². The highest BCUT2D eigenvalue weighted by Crippen LogP contribution is 2.66. The second-order valence-corrected chi connectivity index (χ2v) is 5.71. The van der Waals surface area contributed by atoms with Gasteiger partial charge in [0.05, 0.1) is 24.0 Å². The van der Waals surface area contributed by atoms with Crippen molar-refractivity contribution in [2.75, 3.05) is 6.54 Å². The summed E-state index contributed by atoms with van der Waals surface area (Å²) in [7, 11) is 0. The number of hydrogen-bond acceptors (Lipinski definition) is 3. The summed E-state index contributed by atoms with van der Waals surface area (Å²) in [5.74, 6) is 0.828. The van der Waals surface area contributed by atoms with Gasteiger partial charge in [0.15, 0.2) is 0 Å². The molecule has 2 aliphatic heterocycles. The van der Waals surface area contributed by atoms with Crippen LogP contribution in [0.15, 0.2) is 12.7 Å². The average Bonchev–Trinajstić information content (AvgIpc) is 2.93. The fourth-order valence-corrected chi connectivity index (χ4v) is 4.57. The van der Waals surface area contributed by atoms with Crippen LogP contribution in [-0.2, 0) is 14.3 Å². The molecule has 0 aromatic rings. The Morgan fingerprint density at radius 1 is 1.24 bits per heavy atom. The highest BCUT2D eigenvalue weighted by molar-refractivity contribution is 6.06. The van der Waals surface area contributed by atoms with Gasteiger partial charge in [0.25, 0.3) is 0 Å². The van der Waals surface area contributed by atoms with Gasteiger partial charge < -0.3 is 4.74 Å². The van der Waals surface area contributed by atoms with E-state index >= 15 is 0 Å². The van der Waals surface area contributed by atoms with Gasteiger partial charge in [0.2, 0.25) is 11.8 Å². The molecule has 17 heavy (non-hydrogen) atoms. The first-order valence-electron chi connectivity index (χ1n) is 6.28. The van der Waals surface area contributed by atoms with E-state index in [4.69, 9.17) is 4.74 Å². The molecule has 2 bridgehead atoms. The van der Waals surface area contributed by atoms with Gasteiger partial charge in [-0.05, 0) is 5.92 Å². The average molecular weight is 233 g/mol. The van der Waals surface area contributed by atoms with Crippen LogP contribution < -0.4 is 0 Å². The summed E-state index contributed by atoms with van der Waals surface area (Å²) in [5.41, 5.74) is 0. The van der Waals surface area contributed by atoms with Gasteiger partial charge in [-0.15, -0.1) is 6.58 Å². The van der Waals surface area contributed by atoms with Crippen LogP contribution in [0.5, 0.6) is 0 Å². The summed E-state index contributed by atoms with van der Waals surface area (Å²) in [6.07, 6.45) is 2.15. The third-order valence-electron chi connectivity index (χ3n) is 5.16. The Morgan fingerprint density at radius 2 is 1.76 bits per heavy atom. The number of amides is 2. The van der Waals surface area contributed by atoms with Crippen molar-refractivity contribution >= 4 is 11.8 Å². The van der Waals surface area contributed by atoms with E-state index in [1.54, 1.807) is 6.08 Å². The molecule has 2 amide bonds. The summed E-state index contributed by atoms with van der Waals surface area (Å²) in [4.78, 5) is 26.0. The van der Waals surface area contributed by atoms with Gasteiger partial charge in [-0.3, -0.25) is 14.5 Å². The predicted octanol–water partition coefficient (Wildman–Crippen LogP) is 0.437. The van der Waals surface area contributed by atoms with Crippen LogP contribution in [0, 0.1) is 29.6 Å². The minimum Gasteiger partial charge on any atom is -0.369 e. The number of imide groups is 1. The number of carbonyl (C=O) groups is 2. The van der Waals surface area contributed by atoms with Crippen LogP contribution in [0.3, 0.4) is 0 Å². The highest BCUT2D eigenvalue weighted by atomic mass is 16.6. The molecular weight excluding hydrogens is 218 g/mol. The van der Waals surface area contributed by atoms with Gasteiger partial charge in [0, 0.05) is 18.4 Å². The molecule has 90 valence electrons. The summed E-state index contributed by atoms with van der Waals surface area (Å²) >= 11 is 0. The minimum absolute atomic E-state index is 0.00759. The number of nitrogens with zero attached hydrogens (tertiary/aromatic N) is 1. The molecule has 0 aromatic heterocycles. The van der Waals surface area contributed by atoms with Crippen LogP contribution in [0.2, 0.25) is 0 Å². The lowest BCUT2D eigenvalue weighted by Crippen LogP contribution is -2.35. The summed E-state index contributed by atoms with van der Waals surface area (Å²) in [5, 5.41) is 0. The molecule has 2 heterocycles. The molecule has 0 N–H and O–H groups in total. The molecule has 0 radical (unpaired) electrons. The first-order valence-corrected chi connectivity index (χ1v) is 6.28. The van der Waals surface area contributed by atoms with Crippen molar-refractivity contribution in [1.82, 2.24) is 4.90 Å². The maximum absolute atomic E-state index is 12.3. The fraction of sp³-hybridized carbons (Fsp3) is 0.692. The fourth-order valence-electron chi connectivity index (χ4n) is 4.57. The lowest BCUT2D eigenvalue weighted by Gasteiger charge is -2.20. The van der Waals surface area contributed by atoms with E-state index in [0.717, 1.165) is 0 Å². The molecule has 4 nitrogen and oxygen atoms in total. The van der Waals surface area contributed by atoms with Gasteiger partial charge in [-0.1, -0.05) is 13.0 Å². The van der Waals surface area contributed by atoms with Crippen LogP contribution in [-0.4, -0.2) is 35.5 Å². The van der Waals surface area contributed by atoms with Crippen molar-refractivity contribution in [3.8, 4) is 0 Å². The Hall–Kier alpha value is -1.16. The van der Waals surface area contributed by atoms with Crippen LogP contribution in [0.4, 0.5) is 0 Å². The van der Waals surface area contributed by atoms with Crippen LogP contribution >= 0.6 is 0 Å². The molecule has 6 unspecified atom stereocenters. The lowest BCUT2D eigenvalue weighted by molar-refractivity contribution is -0.140. The number of likely N-dealkylation sites (tertiary alicyclic amines) is 1. The van der Waals surface area contributed by atoms with E-state index < -0.39 is 0 Å². The normalized spacial score (nSPS) is 53.9. The van der Waals surface area contributed by atoms with Crippen LogP contribution in [0.25, 0.3) is 0 Å². The topological polar surface area (TPSA) is 49.9 Å². The first-order chi connectivity index (χ1) is 8.16. The van der Waals surface area contributed by atoms with E-state index in [2.05, 4.69) is 13.5 Å². The molecule has 0 spiro atoms. The molecule has 6 atom stereocenters. The summed E-state index contributed by atoms with van der Waals surface area (Å²) < 4.78 is 5.60. The minimum atomic E-state index is -0.105. The Kier molecular flexibility index (Phi) is 1.62. The second kappa shape index (κ2) is 2.80. The number of ether oxygens (including phenoxy) is 1. The Morgan fingerprint density at radius 3 is 2.24 bits per heavy atom. The molecule has 4 rings (SSSR count). The molecular formula is C13H15NO3. The van der Waals surface area contributed by atoms with Gasteiger partial charge in [-0.2, -0.15) is 0 Å². The standard InChI is InChI=1S/C13H15NO3/c1-3-4-14-12(15)8-6-5(2)7(9(8)13(14)16)11-10(6)17-11/h3,5-11H,1,4H2,2H3. The Labute approximate surface area is 99.6 Å². The van der Waals surface area contributed by atoms with Gasteiger partial charge in [0.1, 0.15) is 0 Å². The smallest absolute Gasteiger partial charge is 0.233 e. The number of rotatable bonds is 2. The zero-order chi connectivity index (χ0) is 11.9. The lowest BCUT2D eigenvalue weighted by atomic mass is 9.81. The van der Waals surface area contributed by atoms with Crippen molar-refractivity contribution in [3.05, 3.63) is 12.7 Å². The maximum atomic E-state index is 12.3. The van der Waals surface area contributed by atoms with Crippen LogP contribution in [0.1, 0.15) is 6.92 Å². The first kappa shape index (κ1) is 9.83. The van der Waals surface area contributed by atoms with Crippen molar-refractivity contribution in [2.45, 2.75) is 19.1 Å². The summed E-state index contributed by atoms with van der Waals surface area (Å²) in [6, 6.07) is 0. The molecule has 2 aliphatic carbocycles. The van der Waals surface area contributed by atoms with Crippen molar-refractivity contribution in [3.63, 3.8) is 0 Å². The quantitative estimate of drug-likeness (QED) is 0.395. The SMILES string of the molecule is C=CCN1C(=O)C2C(C1=O)C1C(C)C2C2OC21. The van der Waals surface area contributed by atoms with Crippen molar-refractivity contribution in [1.29, 1.82) is 0 Å². The molecule has 2 saturated heterocycles. The second-order valence-electron chi connectivity index (χ2n) is 5.71. The molecule has 2 saturated carbocycles. The zero-order valence-corrected chi connectivity index (χ0v) is 9.70. The Bertz CT molecular complexity index is 412. The van der Waals surface area contributed by atoms with E-state index in [0.29, 0.717) is 12.5 Å². The van der Waals surface area contributed by atoms with Gasteiger partial charge >= 0.3 is 0 Å². The number of hydrogen-bond donors (Lipinski definition) is 0. The zero-order valence-electron chi connectivity index (χ0n) is 9.70. The number of fused-ring (bicyclic) bond motifs is 8. The largest absolute Gasteiger partial charge is 0.369 e. The van der Waals surface area contributed by atoms with E-state index in [1.807, 2.05) is 0 Å². The third kappa shape index (κ3) is 0.910. The third-order valence-corrected chi connectivity index (χ3v) is 5.16. The molecule has 0 aromatic carbocycles. The number of carbonyl (C=O) groups excluding carboxylic acids is 2. The van der Waals surface area contributed by atoms with E-state index in [1.165, 1.54) is 4.90 Å².